The minimum atomic E-state index is -0.650. The summed E-state index contributed by atoms with van der Waals surface area (Å²) in [7, 11) is 1.39. The molecule has 0 unspecified atom stereocenters. The molecule has 1 amide bonds. The average Bonchev–Trinajstić information content (AvgIpc) is 2.54. The second-order valence-corrected chi connectivity index (χ2v) is 4.98. The molecular formula is C15H12ClFN2O4. The van der Waals surface area contributed by atoms with Crippen LogP contribution in [-0.2, 0) is 6.54 Å². The first-order valence-corrected chi connectivity index (χ1v) is 6.84. The first kappa shape index (κ1) is 16.7. The fourth-order valence-electron chi connectivity index (χ4n) is 1.91. The molecule has 0 atom stereocenters. The van der Waals surface area contributed by atoms with Crippen LogP contribution in [0.1, 0.15) is 15.9 Å². The zero-order valence-electron chi connectivity index (χ0n) is 12.0. The van der Waals surface area contributed by atoms with Crippen LogP contribution in [0.2, 0.25) is 5.02 Å². The Bertz CT molecular complexity index is 767. The summed E-state index contributed by atoms with van der Waals surface area (Å²) >= 11 is 5.66. The molecule has 0 spiro atoms. The third-order valence-electron chi connectivity index (χ3n) is 3.08. The van der Waals surface area contributed by atoms with Crippen molar-refractivity contribution in [1.82, 2.24) is 5.32 Å². The second-order valence-electron chi connectivity index (χ2n) is 4.57. The number of carbonyl (C=O) groups is 1. The van der Waals surface area contributed by atoms with Crippen LogP contribution in [0.15, 0.2) is 36.4 Å². The summed E-state index contributed by atoms with van der Waals surface area (Å²) in [5.41, 5.74) is 0.110. The molecular weight excluding hydrogens is 327 g/mol. The Morgan fingerprint density at radius 1 is 1.35 bits per heavy atom. The third kappa shape index (κ3) is 3.95. The molecule has 2 aromatic rings. The van der Waals surface area contributed by atoms with Gasteiger partial charge in [-0.15, -0.1) is 0 Å². The van der Waals surface area contributed by atoms with Gasteiger partial charge in [0.25, 0.3) is 11.6 Å². The van der Waals surface area contributed by atoms with Gasteiger partial charge >= 0.3 is 0 Å². The van der Waals surface area contributed by atoms with Gasteiger partial charge in [-0.2, -0.15) is 0 Å². The van der Waals surface area contributed by atoms with Gasteiger partial charge in [0, 0.05) is 12.6 Å². The number of halogens is 2. The number of rotatable bonds is 5. The van der Waals surface area contributed by atoms with Crippen molar-refractivity contribution in [1.29, 1.82) is 0 Å². The largest absolute Gasteiger partial charge is 0.497 e. The van der Waals surface area contributed by atoms with E-state index in [2.05, 4.69) is 5.32 Å². The quantitative estimate of drug-likeness (QED) is 0.669. The van der Waals surface area contributed by atoms with Gasteiger partial charge in [0.1, 0.15) is 17.1 Å². The van der Waals surface area contributed by atoms with Crippen LogP contribution < -0.4 is 10.1 Å². The van der Waals surface area contributed by atoms with Crippen molar-refractivity contribution < 1.29 is 18.8 Å². The highest BCUT2D eigenvalue weighted by Crippen LogP contribution is 2.24. The number of hydrogen-bond donors (Lipinski definition) is 1. The standard InChI is InChI=1S/C15H12ClFN2O4/c1-23-10-3-5-14(19(21)22)11(7-10)15(20)18-8-9-2-4-13(17)12(16)6-9/h2-7H,8H2,1H3,(H,18,20). The van der Waals surface area contributed by atoms with Crippen LogP contribution in [-0.4, -0.2) is 17.9 Å². The molecule has 8 heteroatoms. The topological polar surface area (TPSA) is 81.5 Å². The predicted molar refractivity (Wildman–Crippen MR) is 82.2 cm³/mol. The zero-order chi connectivity index (χ0) is 17.0. The Morgan fingerprint density at radius 2 is 2.09 bits per heavy atom. The number of methoxy groups -OCH3 is 1. The smallest absolute Gasteiger partial charge is 0.282 e. The highest BCUT2D eigenvalue weighted by Gasteiger charge is 2.20. The second kappa shape index (κ2) is 7.06. The predicted octanol–water partition coefficient (Wildman–Crippen LogP) is 3.33. The number of nitrogens with one attached hydrogen (secondary N) is 1. The lowest BCUT2D eigenvalue weighted by Crippen LogP contribution is -2.23. The van der Waals surface area contributed by atoms with Crippen molar-refractivity contribution >= 4 is 23.2 Å². The van der Waals surface area contributed by atoms with E-state index in [9.17, 15) is 19.3 Å². The maximum Gasteiger partial charge on any atom is 0.282 e. The summed E-state index contributed by atoms with van der Waals surface area (Å²) in [5, 5.41) is 13.5. The molecule has 120 valence electrons. The van der Waals surface area contributed by atoms with E-state index >= 15 is 0 Å². The van der Waals surface area contributed by atoms with E-state index in [0.717, 1.165) is 0 Å². The fraction of sp³-hybridized carbons (Fsp3) is 0.133. The van der Waals surface area contributed by atoms with E-state index in [-0.39, 0.29) is 22.8 Å². The van der Waals surface area contributed by atoms with Gasteiger partial charge in [0.05, 0.1) is 17.1 Å². The van der Waals surface area contributed by atoms with E-state index in [1.54, 1.807) is 0 Å². The van der Waals surface area contributed by atoms with Crippen LogP contribution in [0.5, 0.6) is 5.75 Å². The molecule has 2 aromatic carbocycles. The minimum Gasteiger partial charge on any atom is -0.497 e. The number of nitrogens with zero attached hydrogens (tertiary/aromatic N) is 1. The number of benzene rings is 2. The molecule has 0 heterocycles. The highest BCUT2D eigenvalue weighted by atomic mass is 35.5. The molecule has 0 aliphatic heterocycles. The molecule has 0 aliphatic carbocycles. The summed E-state index contributed by atoms with van der Waals surface area (Å²) < 4.78 is 18.0. The molecule has 1 N–H and O–H groups in total. The molecule has 0 radical (unpaired) electrons. The number of carbonyl (C=O) groups excluding carboxylic acids is 1. The van der Waals surface area contributed by atoms with Crippen LogP contribution in [0, 0.1) is 15.9 Å². The van der Waals surface area contributed by atoms with Crippen LogP contribution in [0.25, 0.3) is 0 Å². The monoisotopic (exact) mass is 338 g/mol. The lowest BCUT2D eigenvalue weighted by atomic mass is 10.1. The molecule has 0 fully saturated rings. The molecule has 0 aromatic heterocycles. The third-order valence-corrected chi connectivity index (χ3v) is 3.37. The number of hydrogen-bond acceptors (Lipinski definition) is 4. The minimum absolute atomic E-state index is 0.0488. The van der Waals surface area contributed by atoms with Crippen molar-refractivity contribution in [2.75, 3.05) is 7.11 Å². The summed E-state index contributed by atoms with van der Waals surface area (Å²) in [6, 6.07) is 7.89. The number of nitro groups is 1. The highest BCUT2D eigenvalue weighted by molar-refractivity contribution is 6.30. The molecule has 0 aliphatic rings. The number of ether oxygens (including phenoxy) is 1. The summed E-state index contributed by atoms with van der Waals surface area (Å²) in [5.74, 6) is -0.883. The molecule has 0 saturated heterocycles. The van der Waals surface area contributed by atoms with E-state index in [0.29, 0.717) is 11.3 Å². The molecule has 0 bridgehead atoms. The Kier molecular flexibility index (Phi) is 5.13. The number of amides is 1. The summed E-state index contributed by atoms with van der Waals surface area (Å²) in [6.45, 7) is 0.0488. The van der Waals surface area contributed by atoms with Gasteiger partial charge in [-0.05, 0) is 29.8 Å². The Labute approximate surface area is 136 Å². The first-order valence-electron chi connectivity index (χ1n) is 6.47. The van der Waals surface area contributed by atoms with Crippen molar-refractivity contribution in [3.63, 3.8) is 0 Å². The Morgan fingerprint density at radius 3 is 2.70 bits per heavy atom. The molecule has 2 rings (SSSR count). The molecule has 0 saturated carbocycles. The van der Waals surface area contributed by atoms with E-state index < -0.39 is 16.6 Å². The van der Waals surface area contributed by atoms with Crippen molar-refractivity contribution in [3.05, 3.63) is 68.5 Å². The maximum absolute atomic E-state index is 13.1. The first-order chi connectivity index (χ1) is 10.9. The van der Waals surface area contributed by atoms with E-state index in [1.807, 2.05) is 0 Å². The Hall–Kier alpha value is -2.67. The SMILES string of the molecule is COc1ccc([N+](=O)[O-])c(C(=O)NCc2ccc(F)c(Cl)c2)c1. The van der Waals surface area contributed by atoms with Gasteiger partial charge in [0.2, 0.25) is 0 Å². The summed E-state index contributed by atoms with van der Waals surface area (Å²) in [4.78, 5) is 22.5. The molecule has 6 nitrogen and oxygen atoms in total. The van der Waals surface area contributed by atoms with E-state index in [4.69, 9.17) is 16.3 Å². The fourth-order valence-corrected chi connectivity index (χ4v) is 2.11. The normalized spacial score (nSPS) is 10.2. The zero-order valence-corrected chi connectivity index (χ0v) is 12.8. The van der Waals surface area contributed by atoms with Crippen molar-refractivity contribution in [2.45, 2.75) is 6.54 Å². The van der Waals surface area contributed by atoms with Gasteiger partial charge in [-0.1, -0.05) is 17.7 Å². The van der Waals surface area contributed by atoms with Gasteiger partial charge < -0.3 is 10.1 Å². The van der Waals surface area contributed by atoms with Gasteiger partial charge in [-0.3, -0.25) is 14.9 Å². The average molecular weight is 339 g/mol. The summed E-state index contributed by atoms with van der Waals surface area (Å²) in [6.07, 6.45) is 0. The van der Waals surface area contributed by atoms with Crippen LogP contribution in [0.3, 0.4) is 0 Å². The molecule has 23 heavy (non-hydrogen) atoms. The van der Waals surface area contributed by atoms with Crippen molar-refractivity contribution in [2.24, 2.45) is 0 Å². The van der Waals surface area contributed by atoms with Crippen LogP contribution in [0.4, 0.5) is 10.1 Å². The number of nitro benzene ring substituents is 1. The lowest BCUT2D eigenvalue weighted by Gasteiger charge is -2.08. The van der Waals surface area contributed by atoms with Crippen LogP contribution >= 0.6 is 11.6 Å². The van der Waals surface area contributed by atoms with Gasteiger partial charge in [-0.25, -0.2) is 4.39 Å². The lowest BCUT2D eigenvalue weighted by molar-refractivity contribution is -0.385. The van der Waals surface area contributed by atoms with Gasteiger partial charge in [0.15, 0.2) is 0 Å². The van der Waals surface area contributed by atoms with Crippen molar-refractivity contribution in [3.8, 4) is 5.75 Å². The Balaban J connectivity index is 2.19. The van der Waals surface area contributed by atoms with E-state index in [1.165, 1.54) is 43.5 Å². The maximum atomic E-state index is 13.1.